The van der Waals surface area contributed by atoms with Gasteiger partial charge in [0, 0.05) is 23.2 Å². The zero-order valence-corrected chi connectivity index (χ0v) is 14.8. The molecule has 0 bridgehead atoms. The Labute approximate surface area is 142 Å². The fraction of sp³-hybridized carbons (Fsp3) is 0.833. The van der Waals surface area contributed by atoms with E-state index in [0.717, 1.165) is 12.8 Å². The molecule has 2 nitrogen and oxygen atoms in total. The third-order valence-electron chi connectivity index (χ3n) is 3.65. The average molecular weight is 341 g/mol. The monoisotopic (exact) mass is 341 g/mol. The molecule has 0 fully saturated rings. The molecule has 0 saturated carbocycles. The number of allylic oxidation sites excluding steroid dienone is 2. The van der Waals surface area contributed by atoms with E-state index in [0.29, 0.717) is 6.42 Å². The van der Waals surface area contributed by atoms with E-state index in [1.165, 1.54) is 70.6 Å². The zero-order valence-electron chi connectivity index (χ0n) is 13.7. The van der Waals surface area contributed by atoms with Gasteiger partial charge in [-0.3, -0.25) is 4.79 Å². The van der Waals surface area contributed by atoms with Crippen molar-refractivity contribution in [1.82, 2.24) is 0 Å². The molecule has 127 valence electrons. The molecule has 0 unspecified atom stereocenters. The van der Waals surface area contributed by atoms with Crippen LogP contribution < -0.4 is 0 Å². The Bertz CT molecular complexity index is 239. The fourth-order valence-corrected chi connectivity index (χ4v) is 2.35. The van der Waals surface area contributed by atoms with Gasteiger partial charge in [0.15, 0.2) is 0 Å². The molecule has 0 aromatic heterocycles. The van der Waals surface area contributed by atoms with Crippen molar-refractivity contribution in [3.05, 3.63) is 12.2 Å². The van der Waals surface area contributed by atoms with Crippen LogP contribution in [0, 0.1) is 0 Å². The molecule has 0 aromatic rings. The van der Waals surface area contributed by atoms with E-state index < -0.39 is 5.97 Å². The molecule has 0 aromatic carbocycles. The van der Waals surface area contributed by atoms with Crippen LogP contribution in [0.15, 0.2) is 12.2 Å². The van der Waals surface area contributed by atoms with Gasteiger partial charge in [0.1, 0.15) is 0 Å². The average Bonchev–Trinajstić information content (AvgIpc) is 2.43. The standard InChI is InChI=1S/C18H34O2.Co/c1-2-3-4-5-6-7-8-9-10-11-12-13-14-15-16-17-18(19)20;/h9-10H,2-8,11-17H2,1H3,(H,19,20);. The smallest absolute Gasteiger partial charge is 0.303 e. The van der Waals surface area contributed by atoms with Gasteiger partial charge in [0.2, 0.25) is 0 Å². The third kappa shape index (κ3) is 22.1. The summed E-state index contributed by atoms with van der Waals surface area (Å²) in [4.78, 5) is 10.3. The van der Waals surface area contributed by atoms with Crippen molar-refractivity contribution in [3.8, 4) is 0 Å². The van der Waals surface area contributed by atoms with E-state index >= 15 is 0 Å². The number of hydrogen-bond acceptors (Lipinski definition) is 1. The summed E-state index contributed by atoms with van der Waals surface area (Å²) in [5.41, 5.74) is 0. The molecular formula is C18H34CoO2. The summed E-state index contributed by atoms with van der Waals surface area (Å²) in [5.74, 6) is -0.664. The van der Waals surface area contributed by atoms with Gasteiger partial charge in [-0.25, -0.2) is 0 Å². The molecule has 0 aliphatic rings. The van der Waals surface area contributed by atoms with Gasteiger partial charge in [-0.2, -0.15) is 0 Å². The number of carbonyl (C=O) groups is 1. The Hall–Kier alpha value is -0.284. The van der Waals surface area contributed by atoms with Crippen LogP contribution >= 0.6 is 0 Å². The number of carboxylic acids is 1. The maximum absolute atomic E-state index is 10.3. The van der Waals surface area contributed by atoms with Crippen LogP contribution in [0.3, 0.4) is 0 Å². The Morgan fingerprint density at radius 2 is 1.19 bits per heavy atom. The summed E-state index contributed by atoms with van der Waals surface area (Å²) in [6.07, 6.45) is 21.2. The summed E-state index contributed by atoms with van der Waals surface area (Å²) in [5, 5.41) is 8.51. The second kappa shape index (κ2) is 19.7. The van der Waals surface area contributed by atoms with Crippen LogP contribution in [0.1, 0.15) is 96.8 Å². The molecule has 0 aliphatic carbocycles. The summed E-state index contributed by atoms with van der Waals surface area (Å²) < 4.78 is 0. The van der Waals surface area contributed by atoms with Gasteiger partial charge < -0.3 is 5.11 Å². The van der Waals surface area contributed by atoms with Crippen molar-refractivity contribution in [3.63, 3.8) is 0 Å². The molecule has 1 radical (unpaired) electrons. The van der Waals surface area contributed by atoms with Crippen molar-refractivity contribution in [2.45, 2.75) is 96.8 Å². The topological polar surface area (TPSA) is 37.3 Å². The maximum atomic E-state index is 10.3. The van der Waals surface area contributed by atoms with Crippen LogP contribution in [-0.2, 0) is 21.6 Å². The minimum atomic E-state index is -0.664. The van der Waals surface area contributed by atoms with Gasteiger partial charge >= 0.3 is 5.97 Å². The van der Waals surface area contributed by atoms with Gasteiger partial charge in [0.25, 0.3) is 0 Å². The third-order valence-corrected chi connectivity index (χ3v) is 3.65. The second-order valence-electron chi connectivity index (χ2n) is 5.73. The Morgan fingerprint density at radius 3 is 1.67 bits per heavy atom. The molecular weight excluding hydrogens is 307 g/mol. The van der Waals surface area contributed by atoms with Crippen LogP contribution in [0.5, 0.6) is 0 Å². The van der Waals surface area contributed by atoms with Crippen LogP contribution in [-0.4, -0.2) is 11.1 Å². The number of carboxylic acid groups (broad SMARTS) is 1. The molecule has 0 atom stereocenters. The first kappa shape index (κ1) is 23.0. The van der Waals surface area contributed by atoms with Crippen LogP contribution in [0.4, 0.5) is 0 Å². The van der Waals surface area contributed by atoms with Crippen molar-refractivity contribution in [2.75, 3.05) is 0 Å². The Balaban J connectivity index is 0. The normalized spacial score (nSPS) is 10.7. The predicted molar refractivity (Wildman–Crippen MR) is 87.1 cm³/mol. The van der Waals surface area contributed by atoms with Crippen molar-refractivity contribution in [1.29, 1.82) is 0 Å². The zero-order chi connectivity index (χ0) is 14.9. The number of unbranched alkanes of at least 4 members (excludes halogenated alkanes) is 11. The summed E-state index contributed by atoms with van der Waals surface area (Å²) in [6, 6.07) is 0. The van der Waals surface area contributed by atoms with Crippen molar-refractivity contribution >= 4 is 5.97 Å². The summed E-state index contributed by atoms with van der Waals surface area (Å²) in [7, 11) is 0. The van der Waals surface area contributed by atoms with Crippen molar-refractivity contribution < 1.29 is 26.7 Å². The van der Waals surface area contributed by atoms with E-state index in [9.17, 15) is 4.79 Å². The molecule has 3 heteroatoms. The van der Waals surface area contributed by atoms with E-state index in [2.05, 4.69) is 19.1 Å². The fourth-order valence-electron chi connectivity index (χ4n) is 2.35. The molecule has 21 heavy (non-hydrogen) atoms. The largest absolute Gasteiger partial charge is 0.481 e. The number of hydrogen-bond donors (Lipinski definition) is 1. The Morgan fingerprint density at radius 1 is 0.762 bits per heavy atom. The minimum Gasteiger partial charge on any atom is -0.481 e. The predicted octanol–water partition coefficient (Wildman–Crippen LogP) is 6.11. The van der Waals surface area contributed by atoms with Gasteiger partial charge in [-0.05, 0) is 32.1 Å². The maximum Gasteiger partial charge on any atom is 0.303 e. The molecule has 0 amide bonds. The van der Waals surface area contributed by atoms with E-state index in [-0.39, 0.29) is 16.8 Å². The van der Waals surface area contributed by atoms with Crippen LogP contribution in [0.2, 0.25) is 0 Å². The molecule has 0 aliphatic heterocycles. The van der Waals surface area contributed by atoms with Gasteiger partial charge in [0.05, 0.1) is 0 Å². The number of rotatable bonds is 15. The quantitative estimate of drug-likeness (QED) is 0.288. The minimum absolute atomic E-state index is 0. The van der Waals surface area contributed by atoms with Crippen LogP contribution in [0.25, 0.3) is 0 Å². The SMILES string of the molecule is CCCCCCCCC=CCCCCCCCC(=O)O.[Co]. The summed E-state index contributed by atoms with van der Waals surface area (Å²) in [6.45, 7) is 2.26. The van der Waals surface area contributed by atoms with Crippen molar-refractivity contribution in [2.24, 2.45) is 0 Å². The van der Waals surface area contributed by atoms with Gasteiger partial charge in [-0.1, -0.05) is 70.4 Å². The van der Waals surface area contributed by atoms with E-state index in [4.69, 9.17) is 5.11 Å². The molecule has 0 saturated heterocycles. The molecule has 0 spiro atoms. The molecule has 0 heterocycles. The molecule has 0 rings (SSSR count). The van der Waals surface area contributed by atoms with E-state index in [1.54, 1.807) is 0 Å². The second-order valence-corrected chi connectivity index (χ2v) is 5.73. The van der Waals surface area contributed by atoms with E-state index in [1.807, 2.05) is 0 Å². The molecule has 1 N–H and O–H groups in total. The van der Waals surface area contributed by atoms with Gasteiger partial charge in [-0.15, -0.1) is 0 Å². The first-order valence-corrected chi connectivity index (χ1v) is 8.64. The first-order chi connectivity index (χ1) is 9.77. The number of aliphatic carboxylic acids is 1. The Kier molecular flexibility index (Phi) is 21.6. The summed E-state index contributed by atoms with van der Waals surface area (Å²) >= 11 is 0. The first-order valence-electron chi connectivity index (χ1n) is 8.64.